The normalized spacial score (nSPS) is 45.3. The van der Waals surface area contributed by atoms with E-state index in [-0.39, 0.29) is 18.6 Å². The molecule has 2 rings (SSSR count). The van der Waals surface area contributed by atoms with E-state index in [0.717, 1.165) is 0 Å². The van der Waals surface area contributed by atoms with Crippen molar-refractivity contribution in [3.05, 3.63) is 0 Å². The molecule has 0 spiro atoms. The zero-order valence-corrected chi connectivity index (χ0v) is 6.43. The van der Waals surface area contributed by atoms with Gasteiger partial charge >= 0.3 is 6.09 Å². The van der Waals surface area contributed by atoms with Gasteiger partial charge in [0.1, 0.15) is 6.10 Å². The number of amides is 1. The van der Waals surface area contributed by atoms with Crippen LogP contribution in [0, 0.1) is 5.92 Å². The lowest BCUT2D eigenvalue weighted by atomic mass is 10.1. The van der Waals surface area contributed by atoms with Crippen LogP contribution < -0.4 is 5.32 Å². The third-order valence-electron chi connectivity index (χ3n) is 2.55. The van der Waals surface area contributed by atoms with Gasteiger partial charge in [-0.05, 0) is 6.42 Å². The molecule has 0 bridgehead atoms. The number of aliphatic hydroxyl groups is 2. The van der Waals surface area contributed by atoms with Crippen molar-refractivity contribution in [2.75, 3.05) is 6.61 Å². The van der Waals surface area contributed by atoms with Crippen molar-refractivity contribution in [2.24, 2.45) is 5.92 Å². The van der Waals surface area contributed by atoms with Crippen LogP contribution in [0.25, 0.3) is 0 Å². The summed E-state index contributed by atoms with van der Waals surface area (Å²) in [5, 5.41) is 20.9. The molecule has 1 aliphatic heterocycles. The fourth-order valence-electron chi connectivity index (χ4n) is 1.89. The Labute approximate surface area is 69.3 Å². The molecule has 0 aromatic carbocycles. The molecule has 68 valence electrons. The van der Waals surface area contributed by atoms with Crippen LogP contribution in [-0.4, -0.2) is 41.2 Å². The number of rotatable bonds is 1. The van der Waals surface area contributed by atoms with Crippen molar-refractivity contribution in [2.45, 2.75) is 24.7 Å². The van der Waals surface area contributed by atoms with E-state index < -0.39 is 18.3 Å². The van der Waals surface area contributed by atoms with Crippen molar-refractivity contribution in [3.8, 4) is 0 Å². The molecule has 0 aromatic rings. The van der Waals surface area contributed by atoms with E-state index in [1.165, 1.54) is 0 Å². The van der Waals surface area contributed by atoms with E-state index in [9.17, 15) is 9.90 Å². The molecule has 2 fully saturated rings. The third-order valence-corrected chi connectivity index (χ3v) is 2.55. The minimum absolute atomic E-state index is 0.0621. The summed E-state index contributed by atoms with van der Waals surface area (Å²) < 4.78 is 4.82. The standard InChI is InChI=1S/C7H11NO4/c9-2-3-1-4-6(5(3)10)12-7(11)8-4/h3-6,9-10H,1-2H2,(H,8,11)/t3-,4-,5-,6-/m1/s1. The molecule has 0 unspecified atom stereocenters. The molecule has 0 radical (unpaired) electrons. The minimum Gasteiger partial charge on any atom is -0.441 e. The summed E-state index contributed by atoms with van der Waals surface area (Å²) in [6.45, 7) is -0.0621. The lowest BCUT2D eigenvalue weighted by Gasteiger charge is -2.14. The van der Waals surface area contributed by atoms with Gasteiger partial charge in [-0.15, -0.1) is 0 Å². The van der Waals surface area contributed by atoms with Crippen molar-refractivity contribution in [1.82, 2.24) is 5.32 Å². The Morgan fingerprint density at radius 3 is 3.00 bits per heavy atom. The van der Waals surface area contributed by atoms with E-state index in [0.29, 0.717) is 6.42 Å². The molecule has 5 heteroatoms. The van der Waals surface area contributed by atoms with Gasteiger partial charge < -0.3 is 20.3 Å². The van der Waals surface area contributed by atoms with Crippen molar-refractivity contribution >= 4 is 6.09 Å². The minimum atomic E-state index is -0.723. The first-order valence-electron chi connectivity index (χ1n) is 3.98. The highest BCUT2D eigenvalue weighted by atomic mass is 16.6. The first-order valence-corrected chi connectivity index (χ1v) is 3.98. The smallest absolute Gasteiger partial charge is 0.407 e. The van der Waals surface area contributed by atoms with Gasteiger partial charge in [0, 0.05) is 12.5 Å². The van der Waals surface area contributed by atoms with Crippen molar-refractivity contribution in [3.63, 3.8) is 0 Å². The maximum absolute atomic E-state index is 10.7. The molecule has 5 nitrogen and oxygen atoms in total. The summed E-state index contributed by atoms with van der Waals surface area (Å²) in [5.41, 5.74) is 0. The molecule has 0 aromatic heterocycles. The largest absolute Gasteiger partial charge is 0.441 e. The van der Waals surface area contributed by atoms with Gasteiger partial charge in [-0.1, -0.05) is 0 Å². The maximum atomic E-state index is 10.7. The average Bonchev–Trinajstić information content (AvgIpc) is 2.51. The van der Waals surface area contributed by atoms with Crippen LogP contribution >= 0.6 is 0 Å². The molecule has 1 amide bonds. The molecule has 1 saturated carbocycles. The van der Waals surface area contributed by atoms with Gasteiger partial charge in [0.25, 0.3) is 0 Å². The number of nitrogens with one attached hydrogen (secondary N) is 1. The monoisotopic (exact) mass is 173 g/mol. The number of fused-ring (bicyclic) bond motifs is 1. The molecule has 1 aliphatic carbocycles. The topological polar surface area (TPSA) is 78.8 Å². The Hall–Kier alpha value is -0.810. The quantitative estimate of drug-likeness (QED) is 0.467. The van der Waals surface area contributed by atoms with Gasteiger partial charge in [0.05, 0.1) is 12.1 Å². The van der Waals surface area contributed by atoms with E-state index >= 15 is 0 Å². The SMILES string of the molecule is O=C1N[C@@H]2C[C@H](CO)[C@@H](O)[C@@H]2O1. The molecule has 3 N–H and O–H groups in total. The number of aliphatic hydroxyl groups excluding tert-OH is 2. The summed E-state index contributed by atoms with van der Waals surface area (Å²) >= 11 is 0. The highest BCUT2D eigenvalue weighted by Gasteiger charge is 2.49. The van der Waals surface area contributed by atoms with Gasteiger partial charge in [-0.2, -0.15) is 0 Å². The Morgan fingerprint density at radius 2 is 2.42 bits per heavy atom. The Bertz CT molecular complexity index is 208. The first-order chi connectivity index (χ1) is 5.72. The third kappa shape index (κ3) is 0.971. The number of carbonyl (C=O) groups excluding carboxylic acids is 1. The number of ether oxygens (including phenoxy) is 1. The van der Waals surface area contributed by atoms with E-state index in [2.05, 4.69) is 5.32 Å². The first kappa shape index (κ1) is 7.82. The fourth-order valence-corrected chi connectivity index (χ4v) is 1.89. The Morgan fingerprint density at radius 1 is 1.67 bits per heavy atom. The Kier molecular flexibility index (Phi) is 1.69. The second-order valence-corrected chi connectivity index (χ2v) is 3.29. The van der Waals surface area contributed by atoms with Crippen LogP contribution in [0.15, 0.2) is 0 Å². The van der Waals surface area contributed by atoms with Crippen molar-refractivity contribution < 1.29 is 19.7 Å². The lowest BCUT2D eigenvalue weighted by molar-refractivity contribution is 0.00772. The predicted molar refractivity (Wildman–Crippen MR) is 38.4 cm³/mol. The van der Waals surface area contributed by atoms with E-state index in [1.807, 2.05) is 0 Å². The fraction of sp³-hybridized carbons (Fsp3) is 0.857. The van der Waals surface area contributed by atoms with Gasteiger partial charge in [-0.25, -0.2) is 4.79 Å². The summed E-state index contributed by atoms with van der Waals surface area (Å²) in [6, 6.07) is -0.121. The number of hydrogen-bond donors (Lipinski definition) is 3. The molecule has 2 aliphatic rings. The van der Waals surface area contributed by atoms with Crippen LogP contribution in [0.4, 0.5) is 4.79 Å². The van der Waals surface area contributed by atoms with Crippen LogP contribution in [0.3, 0.4) is 0 Å². The number of alkyl carbamates (subject to hydrolysis) is 1. The van der Waals surface area contributed by atoms with Crippen LogP contribution in [-0.2, 0) is 4.74 Å². The van der Waals surface area contributed by atoms with Gasteiger partial charge in [0.2, 0.25) is 0 Å². The average molecular weight is 173 g/mol. The van der Waals surface area contributed by atoms with Crippen LogP contribution in [0.2, 0.25) is 0 Å². The summed E-state index contributed by atoms with van der Waals surface area (Å²) in [5.74, 6) is -0.166. The second-order valence-electron chi connectivity index (χ2n) is 3.29. The number of hydrogen-bond acceptors (Lipinski definition) is 4. The zero-order valence-electron chi connectivity index (χ0n) is 6.43. The van der Waals surface area contributed by atoms with E-state index in [1.54, 1.807) is 0 Å². The van der Waals surface area contributed by atoms with E-state index in [4.69, 9.17) is 9.84 Å². The predicted octanol–water partition coefficient (Wildman–Crippen LogP) is -1.16. The molecule has 1 saturated heterocycles. The molecule has 4 atom stereocenters. The zero-order chi connectivity index (χ0) is 8.72. The van der Waals surface area contributed by atoms with Crippen molar-refractivity contribution in [1.29, 1.82) is 0 Å². The summed E-state index contributed by atoms with van der Waals surface area (Å²) in [7, 11) is 0. The molecule has 1 heterocycles. The molecular weight excluding hydrogens is 162 g/mol. The summed E-state index contributed by atoms with van der Waals surface area (Å²) in [6.07, 6.45) is -1.07. The highest BCUT2D eigenvalue weighted by molar-refractivity contribution is 5.70. The van der Waals surface area contributed by atoms with Crippen LogP contribution in [0.1, 0.15) is 6.42 Å². The molecular formula is C7H11NO4. The second kappa shape index (κ2) is 2.60. The highest BCUT2D eigenvalue weighted by Crippen LogP contribution is 2.31. The molecule has 12 heavy (non-hydrogen) atoms. The number of carbonyl (C=O) groups is 1. The lowest BCUT2D eigenvalue weighted by Crippen LogP contribution is -2.31. The van der Waals surface area contributed by atoms with Gasteiger partial charge in [-0.3, -0.25) is 0 Å². The Balaban J connectivity index is 2.08. The van der Waals surface area contributed by atoms with Crippen LogP contribution in [0.5, 0.6) is 0 Å². The summed E-state index contributed by atoms with van der Waals surface area (Å²) in [4.78, 5) is 10.7. The van der Waals surface area contributed by atoms with Gasteiger partial charge in [0.15, 0.2) is 0 Å². The maximum Gasteiger partial charge on any atom is 0.407 e.